The lowest BCUT2D eigenvalue weighted by Gasteiger charge is -2.05. The Kier molecular flexibility index (Phi) is 7.36. The zero-order valence-electron chi connectivity index (χ0n) is 15.0. The topological polar surface area (TPSA) is 72.2 Å². The van der Waals surface area contributed by atoms with Crippen LogP contribution in [0.5, 0.6) is 0 Å². The van der Waals surface area contributed by atoms with Gasteiger partial charge in [-0.2, -0.15) is 15.0 Å². The number of hydrogen-bond acceptors (Lipinski definition) is 5. The molecule has 2 aromatic carbocycles. The summed E-state index contributed by atoms with van der Waals surface area (Å²) >= 11 is 6.27. The number of ether oxygens (including phenoxy) is 1. The average molecular weight is 387 g/mol. The number of aliphatic hydroxyl groups is 1. The maximum absolute atomic E-state index is 8.73. The Morgan fingerprint density at radius 3 is 2.56 bits per heavy atom. The maximum atomic E-state index is 8.73. The molecule has 0 amide bonds. The molecule has 0 fully saturated rings. The van der Waals surface area contributed by atoms with Gasteiger partial charge in [-0.25, -0.2) is 0 Å². The van der Waals surface area contributed by atoms with Crippen molar-refractivity contribution in [1.82, 2.24) is 20.3 Å². The number of nitrogens with one attached hydrogen (secondary N) is 1. The van der Waals surface area contributed by atoms with Crippen LogP contribution in [0.2, 0.25) is 5.02 Å². The number of rotatable bonds is 10. The number of halogens is 1. The van der Waals surface area contributed by atoms with Gasteiger partial charge in [0.25, 0.3) is 0 Å². The van der Waals surface area contributed by atoms with Crippen LogP contribution in [0.15, 0.2) is 54.6 Å². The maximum Gasteiger partial charge on any atom is 0.117 e. The van der Waals surface area contributed by atoms with E-state index in [2.05, 4.69) is 15.5 Å². The number of hydrogen-bond donors (Lipinski definition) is 2. The first kappa shape index (κ1) is 19.5. The van der Waals surface area contributed by atoms with Crippen LogP contribution in [0.25, 0.3) is 11.3 Å². The van der Waals surface area contributed by atoms with E-state index >= 15 is 0 Å². The van der Waals surface area contributed by atoms with E-state index in [4.69, 9.17) is 21.4 Å². The van der Waals surface area contributed by atoms with E-state index in [1.54, 1.807) is 4.80 Å². The molecular formula is C20H23ClN4O2. The lowest BCUT2D eigenvalue weighted by atomic mass is 10.1. The third kappa shape index (κ3) is 5.61. The number of aromatic nitrogens is 3. The van der Waals surface area contributed by atoms with E-state index in [1.807, 2.05) is 54.6 Å². The fourth-order valence-corrected chi connectivity index (χ4v) is 2.88. The minimum Gasteiger partial charge on any atom is -0.394 e. The zero-order chi connectivity index (χ0) is 18.9. The predicted octanol–water partition coefficient (Wildman–Crippen LogP) is 2.75. The molecule has 142 valence electrons. The average Bonchev–Trinajstić information content (AvgIpc) is 3.10. The second-order valence-electron chi connectivity index (χ2n) is 6.00. The molecule has 0 aliphatic carbocycles. The molecule has 1 aromatic heterocycles. The second-order valence-corrected chi connectivity index (χ2v) is 6.40. The number of nitrogens with zero attached hydrogens (tertiary/aromatic N) is 3. The Morgan fingerprint density at radius 1 is 1.00 bits per heavy atom. The Bertz CT molecular complexity index is 839. The normalized spacial score (nSPS) is 11.0. The summed E-state index contributed by atoms with van der Waals surface area (Å²) in [7, 11) is 0. The van der Waals surface area contributed by atoms with E-state index in [1.165, 1.54) is 0 Å². The van der Waals surface area contributed by atoms with Gasteiger partial charge >= 0.3 is 0 Å². The highest BCUT2D eigenvalue weighted by Crippen LogP contribution is 2.21. The molecule has 0 radical (unpaired) electrons. The first-order chi connectivity index (χ1) is 13.3. The number of aliphatic hydroxyl groups excluding tert-OH is 1. The predicted molar refractivity (Wildman–Crippen MR) is 106 cm³/mol. The molecule has 0 unspecified atom stereocenters. The molecule has 6 nitrogen and oxygen atoms in total. The fourth-order valence-electron chi connectivity index (χ4n) is 2.69. The molecule has 0 saturated carbocycles. The lowest BCUT2D eigenvalue weighted by Crippen LogP contribution is -2.20. The van der Waals surface area contributed by atoms with Crippen molar-refractivity contribution in [2.24, 2.45) is 0 Å². The molecule has 0 aliphatic rings. The second kappa shape index (κ2) is 10.2. The molecule has 2 N–H and O–H groups in total. The van der Waals surface area contributed by atoms with Crippen LogP contribution in [-0.4, -0.2) is 46.5 Å². The summed E-state index contributed by atoms with van der Waals surface area (Å²) in [5.41, 5.74) is 3.73. The quantitative estimate of drug-likeness (QED) is 0.524. The van der Waals surface area contributed by atoms with Gasteiger partial charge in [-0.1, -0.05) is 60.1 Å². The van der Waals surface area contributed by atoms with E-state index in [0.717, 1.165) is 22.5 Å². The van der Waals surface area contributed by atoms with Crippen molar-refractivity contribution in [2.45, 2.75) is 13.1 Å². The zero-order valence-corrected chi connectivity index (χ0v) is 15.8. The van der Waals surface area contributed by atoms with Crippen LogP contribution in [0.4, 0.5) is 0 Å². The highest BCUT2D eigenvalue weighted by molar-refractivity contribution is 6.31. The standard InChI is InChI=1S/C20H23ClN4O2/c21-18-9-5-4-8-17(18)15-25-23-19(14-22-10-12-27-13-11-26)20(24-25)16-6-2-1-3-7-16/h1-9,22,26H,10-15H2. The summed E-state index contributed by atoms with van der Waals surface area (Å²) in [5, 5.41) is 22.1. The highest BCUT2D eigenvalue weighted by Gasteiger charge is 2.13. The largest absolute Gasteiger partial charge is 0.394 e. The van der Waals surface area contributed by atoms with Crippen LogP contribution in [0, 0.1) is 0 Å². The van der Waals surface area contributed by atoms with E-state index < -0.39 is 0 Å². The summed E-state index contributed by atoms with van der Waals surface area (Å²) in [5.74, 6) is 0. The molecule has 3 aromatic rings. The summed E-state index contributed by atoms with van der Waals surface area (Å²) in [6, 6.07) is 17.7. The molecule has 0 spiro atoms. The molecule has 0 bridgehead atoms. The molecule has 7 heteroatoms. The van der Waals surface area contributed by atoms with Crippen LogP contribution in [0.1, 0.15) is 11.3 Å². The van der Waals surface area contributed by atoms with Gasteiger partial charge in [-0.3, -0.25) is 0 Å². The Morgan fingerprint density at radius 2 is 1.78 bits per heavy atom. The molecule has 1 heterocycles. The first-order valence-corrected chi connectivity index (χ1v) is 9.28. The molecular weight excluding hydrogens is 364 g/mol. The van der Waals surface area contributed by atoms with Crippen molar-refractivity contribution >= 4 is 11.6 Å². The van der Waals surface area contributed by atoms with Crippen molar-refractivity contribution < 1.29 is 9.84 Å². The van der Waals surface area contributed by atoms with Gasteiger partial charge in [0.1, 0.15) is 11.4 Å². The first-order valence-electron chi connectivity index (χ1n) is 8.90. The molecule has 27 heavy (non-hydrogen) atoms. The van der Waals surface area contributed by atoms with Gasteiger partial charge in [0, 0.05) is 23.7 Å². The SMILES string of the molecule is OCCOCCNCc1nn(Cc2ccccc2Cl)nc1-c1ccccc1. The number of benzene rings is 2. The molecule has 3 rings (SSSR count). The van der Waals surface area contributed by atoms with Crippen LogP contribution in [-0.2, 0) is 17.8 Å². The third-order valence-corrected chi connectivity index (χ3v) is 4.36. The van der Waals surface area contributed by atoms with Crippen LogP contribution >= 0.6 is 11.6 Å². The van der Waals surface area contributed by atoms with Crippen molar-refractivity contribution in [3.8, 4) is 11.3 Å². The summed E-state index contributed by atoms with van der Waals surface area (Å²) in [6.07, 6.45) is 0. The minimum absolute atomic E-state index is 0.0362. The van der Waals surface area contributed by atoms with Crippen molar-refractivity contribution in [3.05, 3.63) is 70.9 Å². The summed E-state index contributed by atoms with van der Waals surface area (Å²) in [6.45, 7) is 2.69. The third-order valence-electron chi connectivity index (χ3n) is 3.99. The lowest BCUT2D eigenvalue weighted by molar-refractivity contribution is 0.0937. The van der Waals surface area contributed by atoms with Crippen molar-refractivity contribution in [1.29, 1.82) is 0 Å². The highest BCUT2D eigenvalue weighted by atomic mass is 35.5. The van der Waals surface area contributed by atoms with Crippen molar-refractivity contribution in [3.63, 3.8) is 0 Å². The van der Waals surface area contributed by atoms with Crippen LogP contribution < -0.4 is 5.32 Å². The van der Waals surface area contributed by atoms with Gasteiger partial charge in [-0.15, -0.1) is 0 Å². The summed E-state index contributed by atoms with van der Waals surface area (Å²) in [4.78, 5) is 1.68. The van der Waals surface area contributed by atoms with Gasteiger partial charge in [0.2, 0.25) is 0 Å². The monoisotopic (exact) mass is 386 g/mol. The van der Waals surface area contributed by atoms with Gasteiger partial charge in [-0.05, 0) is 11.6 Å². The Hall–Kier alpha value is -2.25. The minimum atomic E-state index is 0.0362. The molecule has 0 saturated heterocycles. The van der Waals surface area contributed by atoms with Gasteiger partial charge in [0.05, 0.1) is 26.4 Å². The molecule has 0 atom stereocenters. The van der Waals surface area contributed by atoms with Crippen LogP contribution in [0.3, 0.4) is 0 Å². The van der Waals surface area contributed by atoms with Gasteiger partial charge in [0.15, 0.2) is 0 Å². The van der Waals surface area contributed by atoms with Gasteiger partial charge < -0.3 is 15.2 Å². The van der Waals surface area contributed by atoms with E-state index in [0.29, 0.717) is 37.9 Å². The molecule has 0 aliphatic heterocycles. The fraction of sp³-hybridized carbons (Fsp3) is 0.300. The Labute approximate surface area is 163 Å². The van der Waals surface area contributed by atoms with E-state index in [-0.39, 0.29) is 6.61 Å². The van der Waals surface area contributed by atoms with Crippen molar-refractivity contribution in [2.75, 3.05) is 26.4 Å². The van der Waals surface area contributed by atoms with E-state index in [9.17, 15) is 0 Å². The summed E-state index contributed by atoms with van der Waals surface area (Å²) < 4.78 is 5.26. The smallest absolute Gasteiger partial charge is 0.117 e. The Balaban J connectivity index is 1.74.